The molecule has 5 nitrogen and oxygen atoms in total. The lowest BCUT2D eigenvalue weighted by molar-refractivity contribution is 0.318. The molecule has 2 aromatic carbocycles. The Morgan fingerprint density at radius 2 is 2.10 bits per heavy atom. The van der Waals surface area contributed by atoms with Gasteiger partial charge in [-0.1, -0.05) is 28.9 Å². The molecule has 0 amide bonds. The Hall–Kier alpha value is -2.47. The third kappa shape index (κ3) is 2.71. The van der Waals surface area contributed by atoms with Gasteiger partial charge in [-0.15, -0.1) is 0 Å². The SMILES string of the molecule is Cc1ccc(Sc2nc3ccccc3o2)c(/C(N)=N/O)c1. The summed E-state index contributed by atoms with van der Waals surface area (Å²) in [5.74, 6) is 0.0670. The third-order valence-corrected chi connectivity index (χ3v) is 3.92. The maximum atomic E-state index is 8.90. The largest absolute Gasteiger partial charge is 0.431 e. The van der Waals surface area contributed by atoms with E-state index in [4.69, 9.17) is 15.4 Å². The van der Waals surface area contributed by atoms with Crippen molar-refractivity contribution in [3.63, 3.8) is 0 Å². The van der Waals surface area contributed by atoms with Gasteiger partial charge < -0.3 is 15.4 Å². The molecular formula is C15H13N3O2S. The lowest BCUT2D eigenvalue weighted by Gasteiger charge is -2.06. The van der Waals surface area contributed by atoms with Crippen LogP contribution in [0.5, 0.6) is 0 Å². The molecule has 1 heterocycles. The molecule has 0 aliphatic carbocycles. The van der Waals surface area contributed by atoms with E-state index in [2.05, 4.69) is 10.1 Å². The molecule has 0 aliphatic heterocycles. The highest BCUT2D eigenvalue weighted by Crippen LogP contribution is 2.32. The normalized spacial score (nSPS) is 12.0. The summed E-state index contributed by atoms with van der Waals surface area (Å²) in [6.45, 7) is 1.95. The van der Waals surface area contributed by atoms with Crippen molar-refractivity contribution in [2.24, 2.45) is 10.9 Å². The Balaban J connectivity index is 2.01. The molecule has 0 radical (unpaired) electrons. The minimum absolute atomic E-state index is 0.0670. The predicted octanol–water partition coefficient (Wildman–Crippen LogP) is 3.38. The van der Waals surface area contributed by atoms with Crippen molar-refractivity contribution in [1.29, 1.82) is 0 Å². The highest BCUT2D eigenvalue weighted by atomic mass is 32.2. The zero-order chi connectivity index (χ0) is 14.8. The second-order valence-corrected chi connectivity index (χ2v) is 5.53. The summed E-state index contributed by atoms with van der Waals surface area (Å²) in [6.07, 6.45) is 0. The van der Waals surface area contributed by atoms with Crippen molar-refractivity contribution in [2.45, 2.75) is 17.0 Å². The van der Waals surface area contributed by atoms with Crippen LogP contribution in [0.15, 0.2) is 62.2 Å². The van der Waals surface area contributed by atoms with Gasteiger partial charge in [-0.2, -0.15) is 0 Å². The van der Waals surface area contributed by atoms with Crippen molar-refractivity contribution in [1.82, 2.24) is 4.98 Å². The average molecular weight is 299 g/mol. The summed E-state index contributed by atoms with van der Waals surface area (Å²) in [5.41, 5.74) is 8.95. The molecule has 0 saturated carbocycles. The highest BCUT2D eigenvalue weighted by Gasteiger charge is 2.13. The van der Waals surface area contributed by atoms with Gasteiger partial charge in [0.25, 0.3) is 5.22 Å². The molecule has 0 unspecified atom stereocenters. The van der Waals surface area contributed by atoms with Gasteiger partial charge in [0, 0.05) is 10.5 Å². The number of nitrogens with two attached hydrogens (primary N) is 1. The first-order chi connectivity index (χ1) is 10.2. The summed E-state index contributed by atoms with van der Waals surface area (Å²) < 4.78 is 5.68. The van der Waals surface area contributed by atoms with E-state index in [-0.39, 0.29) is 5.84 Å². The maximum absolute atomic E-state index is 8.90. The molecule has 3 rings (SSSR count). The van der Waals surface area contributed by atoms with Gasteiger partial charge in [-0.05, 0) is 43.0 Å². The number of aromatic nitrogens is 1. The average Bonchev–Trinajstić information content (AvgIpc) is 2.90. The molecule has 3 aromatic rings. The third-order valence-electron chi connectivity index (χ3n) is 2.99. The quantitative estimate of drug-likeness (QED) is 0.335. The Labute approximate surface area is 125 Å². The molecule has 106 valence electrons. The lowest BCUT2D eigenvalue weighted by Crippen LogP contribution is -2.14. The topological polar surface area (TPSA) is 84.6 Å². The predicted molar refractivity (Wildman–Crippen MR) is 81.8 cm³/mol. The Kier molecular flexibility index (Phi) is 3.53. The van der Waals surface area contributed by atoms with Crippen LogP contribution in [0.3, 0.4) is 0 Å². The second-order valence-electron chi connectivity index (χ2n) is 4.53. The van der Waals surface area contributed by atoms with Crippen LogP contribution in [0.2, 0.25) is 0 Å². The van der Waals surface area contributed by atoms with Gasteiger partial charge >= 0.3 is 0 Å². The molecule has 0 aliphatic rings. The van der Waals surface area contributed by atoms with E-state index in [1.165, 1.54) is 11.8 Å². The first-order valence-electron chi connectivity index (χ1n) is 6.29. The number of fused-ring (bicyclic) bond motifs is 1. The van der Waals surface area contributed by atoms with E-state index in [1.54, 1.807) is 0 Å². The van der Waals surface area contributed by atoms with E-state index in [0.717, 1.165) is 21.6 Å². The standard InChI is InChI=1S/C15H13N3O2S/c1-9-6-7-13(10(8-9)14(16)18-19)21-15-17-11-4-2-3-5-12(11)20-15/h2-8,19H,1H3,(H2,16,18). The van der Waals surface area contributed by atoms with E-state index >= 15 is 0 Å². The van der Waals surface area contributed by atoms with Crippen LogP contribution in [-0.2, 0) is 0 Å². The zero-order valence-electron chi connectivity index (χ0n) is 11.3. The fourth-order valence-corrected chi connectivity index (χ4v) is 2.85. The van der Waals surface area contributed by atoms with Crippen LogP contribution < -0.4 is 5.73 Å². The molecule has 6 heteroatoms. The summed E-state index contributed by atoms with van der Waals surface area (Å²) in [6, 6.07) is 13.3. The number of para-hydroxylation sites is 2. The minimum Gasteiger partial charge on any atom is -0.431 e. The number of benzene rings is 2. The van der Waals surface area contributed by atoms with Gasteiger partial charge in [0.1, 0.15) is 5.52 Å². The summed E-state index contributed by atoms with van der Waals surface area (Å²) >= 11 is 1.34. The number of nitrogens with zero attached hydrogens (tertiary/aromatic N) is 2. The van der Waals surface area contributed by atoms with E-state index in [1.807, 2.05) is 49.4 Å². The monoisotopic (exact) mass is 299 g/mol. The molecule has 0 spiro atoms. The van der Waals surface area contributed by atoms with Crippen molar-refractivity contribution in [3.8, 4) is 0 Å². The lowest BCUT2D eigenvalue weighted by atomic mass is 10.1. The number of hydrogen-bond donors (Lipinski definition) is 2. The summed E-state index contributed by atoms with van der Waals surface area (Å²) in [4.78, 5) is 5.23. The number of oxime groups is 1. The fraction of sp³-hybridized carbons (Fsp3) is 0.0667. The zero-order valence-corrected chi connectivity index (χ0v) is 12.1. The number of hydrogen-bond acceptors (Lipinski definition) is 5. The van der Waals surface area contributed by atoms with Gasteiger partial charge in [-0.3, -0.25) is 0 Å². The first kappa shape index (κ1) is 13.5. The Morgan fingerprint density at radius 3 is 2.86 bits per heavy atom. The number of oxazole rings is 1. The Morgan fingerprint density at radius 1 is 1.29 bits per heavy atom. The molecular weight excluding hydrogens is 286 g/mol. The van der Waals surface area contributed by atoms with Gasteiger partial charge in [-0.25, -0.2) is 4.98 Å². The molecule has 0 fully saturated rings. The van der Waals surface area contributed by atoms with Crippen LogP contribution in [0.1, 0.15) is 11.1 Å². The van der Waals surface area contributed by atoms with E-state index < -0.39 is 0 Å². The Bertz CT molecular complexity index is 794. The molecule has 0 saturated heterocycles. The van der Waals surface area contributed by atoms with Gasteiger partial charge in [0.2, 0.25) is 0 Å². The number of aryl methyl sites for hydroxylation is 1. The summed E-state index contributed by atoms with van der Waals surface area (Å²) in [5, 5.41) is 12.5. The van der Waals surface area contributed by atoms with Gasteiger partial charge in [0.05, 0.1) is 0 Å². The number of amidine groups is 1. The fourth-order valence-electron chi connectivity index (χ4n) is 1.98. The second kappa shape index (κ2) is 5.49. The van der Waals surface area contributed by atoms with E-state index in [9.17, 15) is 0 Å². The summed E-state index contributed by atoms with van der Waals surface area (Å²) in [7, 11) is 0. The van der Waals surface area contributed by atoms with Crippen molar-refractivity contribution < 1.29 is 9.62 Å². The van der Waals surface area contributed by atoms with Crippen LogP contribution in [-0.4, -0.2) is 16.0 Å². The van der Waals surface area contributed by atoms with Crippen LogP contribution in [0, 0.1) is 6.92 Å². The van der Waals surface area contributed by atoms with Crippen molar-refractivity contribution >= 4 is 28.7 Å². The minimum atomic E-state index is 0.0670. The molecule has 21 heavy (non-hydrogen) atoms. The molecule has 0 atom stereocenters. The van der Waals surface area contributed by atoms with Crippen molar-refractivity contribution in [2.75, 3.05) is 0 Å². The van der Waals surface area contributed by atoms with Crippen LogP contribution in [0.25, 0.3) is 11.1 Å². The first-order valence-corrected chi connectivity index (χ1v) is 7.11. The smallest absolute Gasteiger partial charge is 0.261 e. The molecule has 0 bridgehead atoms. The van der Waals surface area contributed by atoms with Gasteiger partial charge in [0.15, 0.2) is 11.4 Å². The molecule has 1 aromatic heterocycles. The van der Waals surface area contributed by atoms with Crippen molar-refractivity contribution in [3.05, 3.63) is 53.6 Å². The maximum Gasteiger partial charge on any atom is 0.261 e. The number of rotatable bonds is 3. The van der Waals surface area contributed by atoms with Crippen LogP contribution in [0.4, 0.5) is 0 Å². The van der Waals surface area contributed by atoms with Crippen LogP contribution >= 0.6 is 11.8 Å². The highest BCUT2D eigenvalue weighted by molar-refractivity contribution is 7.99. The van der Waals surface area contributed by atoms with E-state index in [0.29, 0.717) is 10.8 Å². The molecule has 3 N–H and O–H groups in total.